The molecule has 1 saturated carbocycles. The lowest BCUT2D eigenvalue weighted by atomic mass is 9.74. The van der Waals surface area contributed by atoms with Gasteiger partial charge in [0.25, 0.3) is 0 Å². The highest BCUT2D eigenvalue weighted by atomic mass is 16.2. The van der Waals surface area contributed by atoms with Gasteiger partial charge in [0.1, 0.15) is 0 Å². The molecule has 4 nitrogen and oxygen atoms in total. The molecule has 1 unspecified atom stereocenters. The molecule has 2 fully saturated rings. The molecule has 1 aliphatic heterocycles. The van der Waals surface area contributed by atoms with E-state index >= 15 is 0 Å². The molecule has 19 heavy (non-hydrogen) atoms. The Morgan fingerprint density at radius 3 is 2.63 bits per heavy atom. The Hall–Kier alpha value is -0.770. The van der Waals surface area contributed by atoms with Crippen LogP contribution in [0.4, 0.5) is 4.79 Å². The Labute approximate surface area is 117 Å². The maximum atomic E-state index is 12.2. The normalized spacial score (nSPS) is 26.4. The van der Waals surface area contributed by atoms with Crippen molar-refractivity contribution in [2.45, 2.75) is 70.9 Å². The first-order chi connectivity index (χ1) is 8.97. The molecule has 3 N–H and O–H groups in total. The molecule has 1 aliphatic carbocycles. The van der Waals surface area contributed by atoms with Gasteiger partial charge in [-0.1, -0.05) is 13.3 Å². The third-order valence-corrected chi connectivity index (χ3v) is 5.15. The lowest BCUT2D eigenvalue weighted by molar-refractivity contribution is 0.157. The largest absolute Gasteiger partial charge is 0.335 e. The Balaban J connectivity index is 1.92. The van der Waals surface area contributed by atoms with Crippen molar-refractivity contribution >= 4 is 6.03 Å². The quantitative estimate of drug-likeness (QED) is 0.735. The standard InChI is InChI=1S/C15H29N3O/c1-4-14(2,3)18-13(19)17-12-6-5-7-15(12)8-10-16-11-9-15/h12,16H,4-11H2,1-3H3,(H2,17,18,19). The van der Waals surface area contributed by atoms with E-state index in [0.29, 0.717) is 11.5 Å². The maximum Gasteiger partial charge on any atom is 0.315 e. The number of carbonyl (C=O) groups is 1. The maximum absolute atomic E-state index is 12.2. The van der Waals surface area contributed by atoms with E-state index in [1.165, 1.54) is 25.7 Å². The van der Waals surface area contributed by atoms with Gasteiger partial charge < -0.3 is 16.0 Å². The zero-order valence-electron chi connectivity index (χ0n) is 12.6. The number of carbonyl (C=O) groups excluding carboxylic acids is 1. The summed E-state index contributed by atoms with van der Waals surface area (Å²) in [6.07, 6.45) is 7.02. The number of rotatable bonds is 3. The molecule has 1 atom stereocenters. The topological polar surface area (TPSA) is 53.2 Å². The lowest BCUT2D eigenvalue weighted by Crippen LogP contribution is -2.55. The fraction of sp³-hybridized carbons (Fsp3) is 0.933. The zero-order valence-corrected chi connectivity index (χ0v) is 12.6. The number of amides is 2. The highest BCUT2D eigenvalue weighted by molar-refractivity contribution is 5.75. The summed E-state index contributed by atoms with van der Waals surface area (Å²) in [5, 5.41) is 9.77. The molecule has 2 aliphatic rings. The molecule has 4 heteroatoms. The number of urea groups is 1. The molecule has 0 bridgehead atoms. The van der Waals surface area contributed by atoms with Gasteiger partial charge in [0, 0.05) is 11.6 Å². The van der Waals surface area contributed by atoms with Crippen molar-refractivity contribution in [1.29, 1.82) is 0 Å². The van der Waals surface area contributed by atoms with Crippen molar-refractivity contribution in [2.75, 3.05) is 13.1 Å². The molecule has 0 radical (unpaired) electrons. The first-order valence-electron chi connectivity index (χ1n) is 7.77. The van der Waals surface area contributed by atoms with Gasteiger partial charge in [-0.25, -0.2) is 4.79 Å². The monoisotopic (exact) mass is 267 g/mol. The second kappa shape index (κ2) is 5.70. The van der Waals surface area contributed by atoms with Crippen LogP contribution in [0.15, 0.2) is 0 Å². The van der Waals surface area contributed by atoms with E-state index in [-0.39, 0.29) is 11.6 Å². The summed E-state index contributed by atoms with van der Waals surface area (Å²) < 4.78 is 0. The van der Waals surface area contributed by atoms with Crippen LogP contribution in [0.1, 0.15) is 59.3 Å². The highest BCUT2D eigenvalue weighted by Gasteiger charge is 2.44. The van der Waals surface area contributed by atoms with Crippen molar-refractivity contribution in [3.8, 4) is 0 Å². The Morgan fingerprint density at radius 1 is 1.32 bits per heavy atom. The van der Waals surface area contributed by atoms with Crippen LogP contribution in [-0.2, 0) is 0 Å². The third-order valence-electron chi connectivity index (χ3n) is 5.15. The van der Waals surface area contributed by atoms with Gasteiger partial charge in [0.05, 0.1) is 0 Å². The Kier molecular flexibility index (Phi) is 4.39. The summed E-state index contributed by atoms with van der Waals surface area (Å²) >= 11 is 0. The average molecular weight is 267 g/mol. The second-order valence-electron chi connectivity index (χ2n) is 6.89. The SMILES string of the molecule is CCC(C)(C)NC(=O)NC1CCCC12CCNCC2. The van der Waals surface area contributed by atoms with Gasteiger partial charge in [0.15, 0.2) is 0 Å². The number of hydrogen-bond donors (Lipinski definition) is 3. The van der Waals surface area contributed by atoms with E-state index < -0.39 is 0 Å². The van der Waals surface area contributed by atoms with Crippen molar-refractivity contribution in [2.24, 2.45) is 5.41 Å². The van der Waals surface area contributed by atoms with Crippen LogP contribution in [0.25, 0.3) is 0 Å². The van der Waals surface area contributed by atoms with Gasteiger partial charge in [-0.3, -0.25) is 0 Å². The molecule has 2 amide bonds. The van der Waals surface area contributed by atoms with Crippen LogP contribution in [0.5, 0.6) is 0 Å². The van der Waals surface area contributed by atoms with Gasteiger partial charge in [-0.05, 0) is 64.5 Å². The van der Waals surface area contributed by atoms with E-state index in [1.54, 1.807) is 0 Å². The van der Waals surface area contributed by atoms with Crippen molar-refractivity contribution < 1.29 is 4.79 Å². The molecule has 0 aromatic carbocycles. The molecule has 1 heterocycles. The van der Waals surface area contributed by atoms with Crippen LogP contribution in [-0.4, -0.2) is 30.7 Å². The zero-order chi connectivity index (χ0) is 13.9. The van der Waals surface area contributed by atoms with Crippen molar-refractivity contribution in [1.82, 2.24) is 16.0 Å². The fourth-order valence-electron chi connectivity index (χ4n) is 3.48. The first kappa shape index (κ1) is 14.6. The molecule has 1 saturated heterocycles. The minimum Gasteiger partial charge on any atom is -0.335 e. The van der Waals surface area contributed by atoms with Crippen LogP contribution in [0, 0.1) is 5.41 Å². The molecule has 0 aromatic heterocycles. The summed E-state index contributed by atoms with van der Waals surface area (Å²) in [5.41, 5.74) is 0.239. The van der Waals surface area contributed by atoms with Crippen molar-refractivity contribution in [3.05, 3.63) is 0 Å². The molecule has 0 aromatic rings. The van der Waals surface area contributed by atoms with Crippen molar-refractivity contribution in [3.63, 3.8) is 0 Å². The average Bonchev–Trinajstić information content (AvgIpc) is 2.72. The third kappa shape index (κ3) is 3.41. The number of hydrogen-bond acceptors (Lipinski definition) is 2. The molecular weight excluding hydrogens is 238 g/mol. The van der Waals surface area contributed by atoms with E-state index in [9.17, 15) is 4.79 Å². The first-order valence-corrected chi connectivity index (χ1v) is 7.77. The van der Waals surface area contributed by atoms with Crippen LogP contribution < -0.4 is 16.0 Å². The van der Waals surface area contributed by atoms with E-state index in [0.717, 1.165) is 25.9 Å². The predicted molar refractivity (Wildman–Crippen MR) is 78.2 cm³/mol. The summed E-state index contributed by atoms with van der Waals surface area (Å²) in [4.78, 5) is 12.2. The number of piperidine rings is 1. The molecule has 110 valence electrons. The second-order valence-corrected chi connectivity index (χ2v) is 6.89. The predicted octanol–water partition coefficient (Wildman–Crippen LogP) is 2.40. The summed E-state index contributed by atoms with van der Waals surface area (Å²) in [5.74, 6) is 0. The summed E-state index contributed by atoms with van der Waals surface area (Å²) in [6.45, 7) is 8.44. The van der Waals surface area contributed by atoms with Crippen LogP contribution in [0.2, 0.25) is 0 Å². The summed E-state index contributed by atoms with van der Waals surface area (Å²) in [7, 11) is 0. The minimum absolute atomic E-state index is 0.0108. The summed E-state index contributed by atoms with van der Waals surface area (Å²) in [6, 6.07) is 0.374. The fourth-order valence-corrected chi connectivity index (χ4v) is 3.48. The minimum atomic E-state index is -0.121. The molecular formula is C15H29N3O. The Morgan fingerprint density at radius 2 is 2.00 bits per heavy atom. The van der Waals surface area contributed by atoms with Gasteiger partial charge in [-0.15, -0.1) is 0 Å². The van der Waals surface area contributed by atoms with Gasteiger partial charge in [0.2, 0.25) is 0 Å². The van der Waals surface area contributed by atoms with Crippen LogP contribution in [0.3, 0.4) is 0 Å². The molecule has 2 rings (SSSR count). The van der Waals surface area contributed by atoms with E-state index in [4.69, 9.17) is 0 Å². The van der Waals surface area contributed by atoms with Crippen LogP contribution >= 0.6 is 0 Å². The Bertz CT molecular complexity index is 321. The highest BCUT2D eigenvalue weighted by Crippen LogP contribution is 2.45. The van der Waals surface area contributed by atoms with E-state index in [2.05, 4.69) is 36.7 Å². The lowest BCUT2D eigenvalue weighted by Gasteiger charge is -2.40. The van der Waals surface area contributed by atoms with Gasteiger partial charge in [-0.2, -0.15) is 0 Å². The van der Waals surface area contributed by atoms with E-state index in [1.807, 2.05) is 0 Å². The van der Waals surface area contributed by atoms with Gasteiger partial charge >= 0.3 is 6.03 Å². The smallest absolute Gasteiger partial charge is 0.315 e. The molecule has 1 spiro atoms. The number of nitrogens with one attached hydrogen (secondary N) is 3.